The first-order valence-corrected chi connectivity index (χ1v) is 10.8. The molecule has 0 aliphatic rings. The maximum Gasteiger partial charge on any atom is 0.214 e. The first kappa shape index (κ1) is 20.9. The van der Waals surface area contributed by atoms with Gasteiger partial charge in [0.25, 0.3) is 0 Å². The lowest BCUT2D eigenvalue weighted by molar-refractivity contribution is 0.102. The highest BCUT2D eigenvalue weighted by molar-refractivity contribution is 7.99. The number of carbonyl (C=O) groups excluding carboxylic acids is 1. The van der Waals surface area contributed by atoms with Gasteiger partial charge in [-0.15, -0.1) is 5.10 Å². The number of phenols is 1. The van der Waals surface area contributed by atoms with E-state index in [2.05, 4.69) is 52.1 Å². The van der Waals surface area contributed by atoms with Crippen LogP contribution in [-0.2, 0) is 0 Å². The third-order valence-corrected chi connectivity index (χ3v) is 6.27. The number of hydrogen-bond acceptors (Lipinski definition) is 6. The summed E-state index contributed by atoms with van der Waals surface area (Å²) in [7, 11) is 0. The van der Waals surface area contributed by atoms with Gasteiger partial charge in [0.15, 0.2) is 5.78 Å². The Balaban J connectivity index is 1.55. The van der Waals surface area contributed by atoms with E-state index in [1.807, 2.05) is 19.9 Å². The van der Waals surface area contributed by atoms with Gasteiger partial charge in [-0.25, -0.2) is 0 Å². The molecule has 7 nitrogen and oxygen atoms in total. The van der Waals surface area contributed by atoms with Crippen molar-refractivity contribution in [2.45, 2.75) is 32.9 Å². The summed E-state index contributed by atoms with van der Waals surface area (Å²) in [6.45, 7) is 8.17. The normalized spacial score (nSPS) is 11.1. The van der Waals surface area contributed by atoms with E-state index in [0.717, 1.165) is 17.1 Å². The first-order chi connectivity index (χ1) is 14.8. The molecule has 31 heavy (non-hydrogen) atoms. The second-order valence-corrected chi connectivity index (χ2v) is 8.43. The van der Waals surface area contributed by atoms with Gasteiger partial charge in [0, 0.05) is 22.6 Å². The topological polar surface area (TPSA) is 85.8 Å². The smallest absolute Gasteiger partial charge is 0.214 e. The van der Waals surface area contributed by atoms with Crippen LogP contribution in [0.25, 0.3) is 11.4 Å². The monoisotopic (exact) mass is 433 g/mol. The number of Topliss-reactive ketones (excluding diaryl/α,β-unsaturated/α-hetero) is 1. The average molecular weight is 434 g/mol. The van der Waals surface area contributed by atoms with Crippen molar-refractivity contribution in [3.05, 3.63) is 76.6 Å². The molecule has 0 aliphatic heterocycles. The van der Waals surface area contributed by atoms with Gasteiger partial charge in [-0.1, -0.05) is 17.8 Å². The standard InChI is InChI=1S/C23H23N5O2S/c1-14-5-6-19(11-15(14)2)27-16(3)12-21(17(27)4)22(30)13-31-23-24-25-26-28(23)18-7-9-20(29)10-8-18/h5-12,29H,13H2,1-4H3. The summed E-state index contributed by atoms with van der Waals surface area (Å²) in [4.78, 5) is 13.0. The lowest BCUT2D eigenvalue weighted by Gasteiger charge is -2.12. The Hall–Kier alpha value is -3.39. The number of tetrazole rings is 1. The fourth-order valence-electron chi connectivity index (χ4n) is 3.54. The highest BCUT2D eigenvalue weighted by atomic mass is 32.2. The summed E-state index contributed by atoms with van der Waals surface area (Å²) in [5.41, 5.74) is 6.87. The largest absolute Gasteiger partial charge is 0.508 e. The average Bonchev–Trinajstić information content (AvgIpc) is 3.33. The second kappa shape index (κ2) is 8.39. The number of hydrogen-bond donors (Lipinski definition) is 1. The van der Waals surface area contributed by atoms with Crippen LogP contribution in [0.1, 0.15) is 32.9 Å². The van der Waals surface area contributed by atoms with Crippen molar-refractivity contribution >= 4 is 17.5 Å². The number of aryl methyl sites for hydroxylation is 3. The Kier molecular flexibility index (Phi) is 5.65. The highest BCUT2D eigenvalue weighted by Gasteiger charge is 2.19. The zero-order valence-electron chi connectivity index (χ0n) is 17.8. The number of nitrogens with zero attached hydrogens (tertiary/aromatic N) is 5. The molecule has 0 unspecified atom stereocenters. The highest BCUT2D eigenvalue weighted by Crippen LogP contribution is 2.25. The van der Waals surface area contributed by atoms with Gasteiger partial charge in [-0.2, -0.15) is 4.68 Å². The number of phenolic OH excluding ortho intramolecular Hbond substituents is 1. The van der Waals surface area contributed by atoms with Crippen molar-refractivity contribution in [3.8, 4) is 17.1 Å². The summed E-state index contributed by atoms with van der Waals surface area (Å²) in [5.74, 6) is 0.407. The zero-order valence-corrected chi connectivity index (χ0v) is 18.6. The number of aromatic nitrogens is 5. The molecule has 4 rings (SSSR count). The maximum atomic E-state index is 13.0. The summed E-state index contributed by atoms with van der Waals surface area (Å²) in [6, 6.07) is 14.8. The molecule has 0 fully saturated rings. The second-order valence-electron chi connectivity index (χ2n) is 7.49. The van der Waals surface area contributed by atoms with Crippen LogP contribution in [0.15, 0.2) is 53.7 Å². The van der Waals surface area contributed by atoms with Gasteiger partial charge in [-0.3, -0.25) is 4.79 Å². The molecular weight excluding hydrogens is 410 g/mol. The Morgan fingerprint density at radius 1 is 0.968 bits per heavy atom. The minimum Gasteiger partial charge on any atom is -0.508 e. The van der Waals surface area contributed by atoms with Crippen molar-refractivity contribution < 1.29 is 9.90 Å². The third kappa shape index (κ3) is 4.11. The maximum absolute atomic E-state index is 13.0. The number of ketones is 1. The molecule has 0 radical (unpaired) electrons. The van der Waals surface area contributed by atoms with Crippen LogP contribution in [0.4, 0.5) is 0 Å². The first-order valence-electron chi connectivity index (χ1n) is 9.85. The molecule has 0 spiro atoms. The van der Waals surface area contributed by atoms with E-state index in [1.54, 1.807) is 28.9 Å². The SMILES string of the molecule is Cc1ccc(-n2c(C)cc(C(=O)CSc3nnnn3-c3ccc(O)cc3)c2C)cc1C. The Morgan fingerprint density at radius 3 is 2.39 bits per heavy atom. The number of carbonyl (C=O) groups is 1. The van der Waals surface area contributed by atoms with Crippen LogP contribution >= 0.6 is 11.8 Å². The Bertz CT molecular complexity index is 1260. The summed E-state index contributed by atoms with van der Waals surface area (Å²) in [6.07, 6.45) is 0. The van der Waals surface area contributed by atoms with Crippen LogP contribution in [0, 0.1) is 27.7 Å². The van der Waals surface area contributed by atoms with Crippen molar-refractivity contribution in [1.82, 2.24) is 24.8 Å². The Labute approximate surface area is 184 Å². The van der Waals surface area contributed by atoms with Crippen LogP contribution < -0.4 is 0 Å². The minimum absolute atomic E-state index is 0.0217. The molecule has 0 bridgehead atoms. The van der Waals surface area contributed by atoms with Gasteiger partial charge < -0.3 is 9.67 Å². The molecule has 0 atom stereocenters. The number of benzene rings is 2. The molecule has 0 amide bonds. The summed E-state index contributed by atoms with van der Waals surface area (Å²) >= 11 is 1.29. The van der Waals surface area contributed by atoms with E-state index in [9.17, 15) is 9.90 Å². The van der Waals surface area contributed by atoms with Crippen molar-refractivity contribution in [3.63, 3.8) is 0 Å². The molecular formula is C23H23N5O2S. The molecule has 0 aliphatic carbocycles. The molecule has 0 saturated carbocycles. The van der Waals surface area contributed by atoms with E-state index in [4.69, 9.17) is 0 Å². The van der Waals surface area contributed by atoms with E-state index in [0.29, 0.717) is 16.4 Å². The lowest BCUT2D eigenvalue weighted by Crippen LogP contribution is -2.07. The van der Waals surface area contributed by atoms with E-state index >= 15 is 0 Å². The van der Waals surface area contributed by atoms with Crippen LogP contribution in [0.5, 0.6) is 5.75 Å². The van der Waals surface area contributed by atoms with Gasteiger partial charge in [0.1, 0.15) is 5.75 Å². The molecule has 2 heterocycles. The predicted octanol–water partition coefficient (Wildman–Crippen LogP) is 4.37. The van der Waals surface area contributed by atoms with E-state index in [-0.39, 0.29) is 17.3 Å². The third-order valence-electron chi connectivity index (χ3n) is 5.35. The number of aromatic hydroxyl groups is 1. The predicted molar refractivity (Wildman–Crippen MR) is 121 cm³/mol. The van der Waals surface area contributed by atoms with E-state index in [1.165, 1.54) is 22.9 Å². The number of thioether (sulfide) groups is 1. The number of rotatable bonds is 6. The van der Waals surface area contributed by atoms with Crippen molar-refractivity contribution in [2.75, 3.05) is 5.75 Å². The lowest BCUT2D eigenvalue weighted by atomic mass is 10.1. The fourth-order valence-corrected chi connectivity index (χ4v) is 4.31. The molecule has 158 valence electrons. The van der Waals surface area contributed by atoms with Crippen molar-refractivity contribution in [2.24, 2.45) is 0 Å². The van der Waals surface area contributed by atoms with Crippen LogP contribution in [0.3, 0.4) is 0 Å². The summed E-state index contributed by atoms with van der Waals surface area (Å²) in [5, 5.41) is 21.7. The van der Waals surface area contributed by atoms with Crippen LogP contribution in [0.2, 0.25) is 0 Å². The summed E-state index contributed by atoms with van der Waals surface area (Å²) < 4.78 is 3.67. The van der Waals surface area contributed by atoms with Crippen molar-refractivity contribution in [1.29, 1.82) is 0 Å². The van der Waals surface area contributed by atoms with E-state index < -0.39 is 0 Å². The van der Waals surface area contributed by atoms with Gasteiger partial charge >= 0.3 is 0 Å². The molecule has 2 aromatic heterocycles. The molecule has 4 aromatic rings. The molecule has 2 aromatic carbocycles. The van der Waals surface area contributed by atoms with Crippen LogP contribution in [-0.4, -0.2) is 41.4 Å². The molecule has 1 N–H and O–H groups in total. The fraction of sp³-hybridized carbons (Fsp3) is 0.217. The van der Waals surface area contributed by atoms with Gasteiger partial charge in [-0.05, 0) is 91.7 Å². The quantitative estimate of drug-likeness (QED) is 0.359. The Morgan fingerprint density at radius 2 is 1.68 bits per heavy atom. The zero-order chi connectivity index (χ0) is 22.1. The van der Waals surface area contributed by atoms with Gasteiger partial charge in [0.05, 0.1) is 11.4 Å². The molecule has 0 saturated heterocycles. The molecule has 8 heteroatoms. The minimum atomic E-state index is 0.0217. The van der Waals surface area contributed by atoms with Gasteiger partial charge in [0.2, 0.25) is 5.16 Å².